The van der Waals surface area contributed by atoms with Crippen molar-refractivity contribution in [2.45, 2.75) is 92.3 Å². The van der Waals surface area contributed by atoms with E-state index in [4.69, 9.17) is 18.2 Å². The summed E-state index contributed by atoms with van der Waals surface area (Å²) in [6.45, 7) is 14.6. The SMILES string of the molecule is [2H]C([2H])([2H])c1ccc(-c2ccnc(-c3[c-]c(-c4cccc5c4nc(-c4cc(C(C)(C)C)cc(C(C)(C)C)c4O)n5-c4cc(-c5ccccc5)cc(C([2H])([2H])[2H])c4)cc(C(C)(C)C)c3)c2)cc1.[Pt]. The summed E-state index contributed by atoms with van der Waals surface area (Å²) in [5, 5.41) is 12.4. The number of benzene rings is 6. The van der Waals surface area contributed by atoms with Crippen molar-refractivity contribution in [1.82, 2.24) is 14.5 Å². The molecule has 5 heteroatoms. The van der Waals surface area contributed by atoms with Crippen LogP contribution in [0.5, 0.6) is 5.75 Å². The van der Waals surface area contributed by atoms with Gasteiger partial charge in [-0.2, -0.15) is 0 Å². The summed E-state index contributed by atoms with van der Waals surface area (Å²) >= 11 is 0. The van der Waals surface area contributed by atoms with E-state index < -0.39 is 19.1 Å². The molecule has 0 unspecified atom stereocenters. The molecule has 0 amide bonds. The average Bonchev–Trinajstić information content (AvgIpc) is 3.64. The van der Waals surface area contributed by atoms with Gasteiger partial charge in [-0.05, 0) is 93.7 Å². The molecule has 312 valence electrons. The van der Waals surface area contributed by atoms with Crippen LogP contribution in [0.15, 0.2) is 134 Å². The van der Waals surface area contributed by atoms with Gasteiger partial charge in [0.25, 0.3) is 0 Å². The van der Waals surface area contributed by atoms with Gasteiger partial charge in [0.2, 0.25) is 0 Å². The molecule has 1 N–H and O–H groups in total. The van der Waals surface area contributed by atoms with Crippen molar-refractivity contribution in [2.75, 3.05) is 0 Å². The first-order chi connectivity index (χ1) is 30.8. The number of aromatic nitrogens is 3. The van der Waals surface area contributed by atoms with Gasteiger partial charge in [-0.25, -0.2) is 4.98 Å². The summed E-state index contributed by atoms with van der Waals surface area (Å²) in [5.74, 6) is 0.589. The molecule has 0 bridgehead atoms. The second kappa shape index (κ2) is 16.4. The molecule has 6 aromatic carbocycles. The first-order valence-electron chi connectivity index (χ1n) is 23.5. The Morgan fingerprint density at radius 3 is 1.92 bits per heavy atom. The van der Waals surface area contributed by atoms with E-state index in [1.54, 1.807) is 30.5 Å². The van der Waals surface area contributed by atoms with Gasteiger partial charge in [-0.15, -0.1) is 29.3 Å². The summed E-state index contributed by atoms with van der Waals surface area (Å²) in [6.07, 6.45) is 1.76. The summed E-state index contributed by atoms with van der Waals surface area (Å²) < 4.78 is 51.3. The van der Waals surface area contributed by atoms with E-state index in [0.29, 0.717) is 28.3 Å². The standard InChI is InChI=1S/C56H56N3O.Pt/c1-35-20-22-38(23-21-35)39-24-25-57-49(32-39)42-28-41(29-43(30-42)54(3,4)5)46-18-15-19-50-51(46)58-53(47-33-44(55(6,7)8)34-48(52(47)60)56(9,10)11)59(50)45-27-36(2)26-40(31-45)37-16-13-12-14-17-37;/h12-27,29-34,60H,1-11H3;/q-1;/i1D3,2D3;. The number of phenolic OH excluding ortho intramolecular Hbond substituents is 1. The fraction of sp³-hybridized carbons (Fsp3) is 0.250. The summed E-state index contributed by atoms with van der Waals surface area (Å²) in [5.41, 5.74) is 11.3. The van der Waals surface area contributed by atoms with Crippen molar-refractivity contribution in [3.63, 3.8) is 0 Å². The van der Waals surface area contributed by atoms with Crippen molar-refractivity contribution in [3.8, 4) is 67.5 Å². The van der Waals surface area contributed by atoms with E-state index in [1.807, 2.05) is 89.5 Å². The predicted octanol–water partition coefficient (Wildman–Crippen LogP) is 14.8. The molecule has 8 rings (SSSR count). The second-order valence-corrected chi connectivity index (χ2v) is 19.0. The number of imidazole rings is 1. The van der Waals surface area contributed by atoms with E-state index in [-0.39, 0.29) is 48.8 Å². The van der Waals surface area contributed by atoms with Crippen LogP contribution in [0.4, 0.5) is 0 Å². The summed E-state index contributed by atoms with van der Waals surface area (Å²) in [7, 11) is 0. The molecule has 0 fully saturated rings. The van der Waals surface area contributed by atoms with Crippen molar-refractivity contribution >= 4 is 11.0 Å². The predicted molar refractivity (Wildman–Crippen MR) is 252 cm³/mol. The quantitative estimate of drug-likeness (QED) is 0.169. The molecule has 0 saturated heterocycles. The van der Waals surface area contributed by atoms with E-state index in [0.717, 1.165) is 61.2 Å². The summed E-state index contributed by atoms with van der Waals surface area (Å²) in [6, 6.07) is 44.1. The number of hydrogen-bond donors (Lipinski definition) is 1. The number of aryl methyl sites for hydroxylation is 2. The number of rotatable bonds is 6. The number of aromatic hydroxyl groups is 1. The van der Waals surface area contributed by atoms with Crippen LogP contribution in [0, 0.1) is 19.8 Å². The van der Waals surface area contributed by atoms with Crippen molar-refractivity contribution in [1.29, 1.82) is 0 Å². The molecule has 8 aromatic rings. The molecule has 0 radical (unpaired) electrons. The van der Waals surface area contributed by atoms with E-state index in [9.17, 15) is 5.11 Å². The maximum absolute atomic E-state index is 12.4. The zero-order valence-corrected chi connectivity index (χ0v) is 38.6. The monoisotopic (exact) mass is 987 g/mol. The third kappa shape index (κ3) is 8.79. The minimum absolute atomic E-state index is 0. The van der Waals surface area contributed by atoms with Crippen LogP contribution in [0.3, 0.4) is 0 Å². The van der Waals surface area contributed by atoms with Gasteiger partial charge in [0, 0.05) is 52.4 Å². The third-order valence-corrected chi connectivity index (χ3v) is 11.3. The summed E-state index contributed by atoms with van der Waals surface area (Å²) in [4.78, 5) is 10.3. The Balaban J connectivity index is 0.00000666. The number of hydrogen-bond acceptors (Lipinski definition) is 3. The number of para-hydroxylation sites is 1. The molecule has 0 saturated carbocycles. The second-order valence-electron chi connectivity index (χ2n) is 19.0. The van der Waals surface area contributed by atoms with Crippen LogP contribution >= 0.6 is 0 Å². The average molecular weight is 988 g/mol. The van der Waals surface area contributed by atoms with Gasteiger partial charge in [-0.1, -0.05) is 164 Å². The number of pyridine rings is 1. The molecule has 61 heavy (non-hydrogen) atoms. The number of fused-ring (bicyclic) bond motifs is 1. The molecule has 0 aliphatic heterocycles. The Bertz CT molecular complexity index is 3110. The largest absolute Gasteiger partial charge is 0.507 e. The van der Waals surface area contributed by atoms with Gasteiger partial charge >= 0.3 is 0 Å². The Hall–Kier alpha value is -5.57. The zero-order valence-electron chi connectivity index (χ0n) is 42.3. The Morgan fingerprint density at radius 2 is 1.25 bits per heavy atom. The molecule has 0 atom stereocenters. The maximum Gasteiger partial charge on any atom is 0.148 e. The van der Waals surface area contributed by atoms with Crippen LogP contribution in [-0.4, -0.2) is 19.6 Å². The van der Waals surface area contributed by atoms with Gasteiger partial charge in [0.1, 0.15) is 11.6 Å². The zero-order chi connectivity index (χ0) is 47.7. The topological polar surface area (TPSA) is 50.9 Å². The van der Waals surface area contributed by atoms with Gasteiger partial charge in [0.15, 0.2) is 0 Å². The molecule has 0 aliphatic rings. The van der Waals surface area contributed by atoms with Crippen molar-refractivity contribution < 1.29 is 34.4 Å². The van der Waals surface area contributed by atoms with Gasteiger partial charge in [-0.3, -0.25) is 9.55 Å². The van der Waals surface area contributed by atoms with Crippen LogP contribution < -0.4 is 0 Å². The van der Waals surface area contributed by atoms with Crippen LogP contribution in [0.1, 0.15) is 98.4 Å². The third-order valence-electron chi connectivity index (χ3n) is 11.3. The minimum Gasteiger partial charge on any atom is -0.507 e. The van der Waals surface area contributed by atoms with Crippen LogP contribution in [-0.2, 0) is 37.3 Å². The maximum atomic E-state index is 12.4. The fourth-order valence-electron chi connectivity index (χ4n) is 7.81. The van der Waals surface area contributed by atoms with Crippen LogP contribution in [0.2, 0.25) is 0 Å². The molecule has 4 nitrogen and oxygen atoms in total. The Labute approximate surface area is 385 Å². The van der Waals surface area contributed by atoms with E-state index in [2.05, 4.69) is 86.6 Å². The first-order valence-corrected chi connectivity index (χ1v) is 20.5. The van der Waals surface area contributed by atoms with E-state index in [1.165, 1.54) is 0 Å². The molecule has 2 heterocycles. The normalized spacial score (nSPS) is 14.0. The molecule has 0 aliphatic carbocycles. The van der Waals surface area contributed by atoms with Gasteiger partial charge < -0.3 is 5.11 Å². The molecule has 2 aromatic heterocycles. The minimum atomic E-state index is -2.42. The van der Waals surface area contributed by atoms with Crippen molar-refractivity contribution in [3.05, 3.63) is 167 Å². The van der Waals surface area contributed by atoms with E-state index >= 15 is 0 Å². The molecular formula is C56H56N3OPt-. The first kappa shape index (κ1) is 36.1. The fourth-order valence-corrected chi connectivity index (χ4v) is 7.81. The molecule has 0 spiro atoms. The number of phenols is 1. The van der Waals surface area contributed by atoms with Crippen molar-refractivity contribution in [2.24, 2.45) is 0 Å². The van der Waals surface area contributed by atoms with Gasteiger partial charge in [0.05, 0.1) is 16.6 Å². The van der Waals surface area contributed by atoms with Crippen LogP contribution in [0.25, 0.3) is 72.7 Å². The smallest absolute Gasteiger partial charge is 0.148 e. The Morgan fingerprint density at radius 1 is 0.574 bits per heavy atom. The Kier molecular flexibility index (Phi) is 9.69. The number of nitrogens with zero attached hydrogens (tertiary/aromatic N) is 3. The molecular weight excluding hydrogens is 926 g/mol.